The Bertz CT molecular complexity index is 181. The number of hydrogen-bond donors (Lipinski definition) is 0. The highest BCUT2D eigenvalue weighted by atomic mass is 35.6. The number of nitrogens with zero attached hydrogens (tertiary/aromatic N) is 1. The Morgan fingerprint density at radius 3 is 1.87 bits per heavy atom. The zero-order valence-electron chi connectivity index (χ0n) is 10.2. The molecule has 0 fully saturated rings. The lowest BCUT2D eigenvalue weighted by atomic mass is 10.4. The van der Waals surface area contributed by atoms with Gasteiger partial charge in [-0.2, -0.15) is 16.3 Å². The topological polar surface area (TPSA) is 23.8 Å². The van der Waals surface area contributed by atoms with Crippen LogP contribution in [0.3, 0.4) is 0 Å². The second kappa shape index (κ2) is 9.24. The Balaban J connectivity index is 3.96. The highest BCUT2D eigenvalue weighted by Gasteiger charge is 2.28. The van der Waals surface area contributed by atoms with E-state index >= 15 is 0 Å². The van der Waals surface area contributed by atoms with Crippen LogP contribution in [0.25, 0.3) is 0 Å². The molecule has 0 N–H and O–H groups in total. The van der Waals surface area contributed by atoms with Gasteiger partial charge < -0.3 is 0 Å². The monoisotopic (exact) mass is 245 g/mol. The number of rotatable bonds is 9. The highest BCUT2D eigenvalue weighted by molar-refractivity contribution is 7.20. The summed E-state index contributed by atoms with van der Waals surface area (Å²) < 4.78 is 0. The molecule has 0 unspecified atom stereocenters. The summed E-state index contributed by atoms with van der Waals surface area (Å²) in [7, 11) is -1.51. The molecule has 0 aromatic carbocycles. The van der Waals surface area contributed by atoms with E-state index < -0.39 is 7.38 Å². The molecule has 0 aromatic heterocycles. The Labute approximate surface area is 101 Å². The van der Waals surface area contributed by atoms with Gasteiger partial charge in [-0.1, -0.05) is 39.5 Å². The summed E-state index contributed by atoms with van der Waals surface area (Å²) in [5.74, 6) is 0. The van der Waals surface area contributed by atoms with Gasteiger partial charge in [0, 0.05) is 6.42 Å². The summed E-state index contributed by atoms with van der Waals surface area (Å²) in [6.45, 7) is 4.45. The Morgan fingerprint density at radius 1 is 1.00 bits per heavy atom. The molecule has 0 radical (unpaired) electrons. The van der Waals surface area contributed by atoms with E-state index in [0.29, 0.717) is 6.42 Å². The third-order valence-corrected chi connectivity index (χ3v) is 8.32. The maximum absolute atomic E-state index is 8.54. The van der Waals surface area contributed by atoms with Crippen molar-refractivity contribution in [2.75, 3.05) is 0 Å². The lowest BCUT2D eigenvalue weighted by Gasteiger charge is -2.23. The van der Waals surface area contributed by atoms with Crippen LogP contribution in [0.1, 0.15) is 52.4 Å². The van der Waals surface area contributed by atoms with Crippen LogP contribution in [-0.4, -0.2) is 7.38 Å². The lowest BCUT2D eigenvalue weighted by Crippen LogP contribution is -2.26. The lowest BCUT2D eigenvalue weighted by molar-refractivity contribution is 0.819. The minimum atomic E-state index is -1.51. The van der Waals surface area contributed by atoms with Crippen molar-refractivity contribution in [1.29, 1.82) is 5.26 Å². The van der Waals surface area contributed by atoms with Crippen LogP contribution in [0.15, 0.2) is 0 Å². The minimum Gasteiger partial charge on any atom is -0.198 e. The van der Waals surface area contributed by atoms with Crippen molar-refractivity contribution in [2.45, 2.75) is 70.5 Å². The van der Waals surface area contributed by atoms with Crippen molar-refractivity contribution >= 4 is 18.5 Å². The van der Waals surface area contributed by atoms with Gasteiger partial charge in [0.15, 0.2) is 7.38 Å². The summed E-state index contributed by atoms with van der Waals surface area (Å²) in [5, 5.41) is 8.54. The minimum absolute atomic E-state index is 0.680. The van der Waals surface area contributed by atoms with Gasteiger partial charge in [0.2, 0.25) is 0 Å². The molecule has 0 bridgehead atoms. The maximum Gasteiger partial charge on any atom is 0.156 e. The first-order chi connectivity index (χ1) is 7.18. The first kappa shape index (κ1) is 15.0. The van der Waals surface area contributed by atoms with Crippen LogP contribution >= 0.6 is 11.1 Å². The molecular weight excluding hydrogens is 222 g/mol. The predicted molar refractivity (Wildman–Crippen MR) is 70.7 cm³/mol. The number of unbranched alkanes of at least 4 members (excludes halogenated alkanes) is 3. The van der Waals surface area contributed by atoms with Crippen LogP contribution in [0.4, 0.5) is 0 Å². The van der Waals surface area contributed by atoms with Crippen LogP contribution in [0.5, 0.6) is 0 Å². The molecule has 0 heterocycles. The molecule has 0 rings (SSSR count). The molecule has 0 aromatic rings. The molecular formula is C12H24ClNSi. The zero-order chi connectivity index (χ0) is 11.6. The molecule has 88 valence electrons. The summed E-state index contributed by atoms with van der Waals surface area (Å²) in [4.78, 5) is 0. The SMILES string of the molecule is CCCC[Si](Cl)(CCCC)CCCC#N. The van der Waals surface area contributed by atoms with E-state index in [9.17, 15) is 0 Å². The third-order valence-electron chi connectivity index (χ3n) is 2.87. The molecule has 1 nitrogen and oxygen atoms in total. The molecule has 0 saturated heterocycles. The van der Waals surface area contributed by atoms with Crippen LogP contribution in [-0.2, 0) is 0 Å². The predicted octanol–water partition coefficient (Wildman–Crippen LogP) is 5.07. The summed E-state index contributed by atoms with van der Waals surface area (Å²) in [6, 6.07) is 5.85. The third kappa shape index (κ3) is 7.87. The molecule has 0 saturated carbocycles. The van der Waals surface area contributed by atoms with E-state index in [1.54, 1.807) is 0 Å². The average molecular weight is 246 g/mol. The molecule has 0 atom stereocenters. The summed E-state index contributed by atoms with van der Waals surface area (Å²) >= 11 is 6.76. The number of nitriles is 1. The van der Waals surface area contributed by atoms with Crippen LogP contribution in [0, 0.1) is 11.3 Å². The van der Waals surface area contributed by atoms with E-state index in [2.05, 4.69) is 19.9 Å². The van der Waals surface area contributed by atoms with E-state index in [4.69, 9.17) is 16.3 Å². The van der Waals surface area contributed by atoms with Crippen molar-refractivity contribution in [2.24, 2.45) is 0 Å². The van der Waals surface area contributed by atoms with E-state index in [-0.39, 0.29) is 0 Å². The number of halogens is 1. The van der Waals surface area contributed by atoms with Crippen LogP contribution in [0.2, 0.25) is 18.1 Å². The molecule has 0 aliphatic heterocycles. The van der Waals surface area contributed by atoms with Gasteiger partial charge in [-0.3, -0.25) is 0 Å². The number of hydrogen-bond acceptors (Lipinski definition) is 1. The van der Waals surface area contributed by atoms with Crippen molar-refractivity contribution in [3.05, 3.63) is 0 Å². The Hall–Kier alpha value is -0.00312. The van der Waals surface area contributed by atoms with E-state index in [1.165, 1.54) is 37.8 Å². The van der Waals surface area contributed by atoms with Gasteiger partial charge in [-0.05, 0) is 24.6 Å². The zero-order valence-corrected chi connectivity index (χ0v) is 11.9. The fraction of sp³-hybridized carbons (Fsp3) is 0.917. The second-order valence-electron chi connectivity index (χ2n) is 4.37. The Morgan fingerprint density at radius 2 is 1.47 bits per heavy atom. The molecule has 15 heavy (non-hydrogen) atoms. The van der Waals surface area contributed by atoms with E-state index in [0.717, 1.165) is 12.5 Å². The quantitative estimate of drug-likeness (QED) is 0.316. The van der Waals surface area contributed by atoms with Gasteiger partial charge >= 0.3 is 0 Å². The van der Waals surface area contributed by atoms with Gasteiger partial charge in [0.05, 0.1) is 6.07 Å². The molecule has 0 amide bonds. The van der Waals surface area contributed by atoms with Gasteiger partial charge in [-0.15, -0.1) is 0 Å². The largest absolute Gasteiger partial charge is 0.198 e. The van der Waals surface area contributed by atoms with Crippen molar-refractivity contribution in [1.82, 2.24) is 0 Å². The standard InChI is InChI=1S/C12H24ClNSi/c1-3-5-10-15(13,11-6-4-2)12-8-7-9-14/h3-8,10-12H2,1-2H3. The first-order valence-corrected chi connectivity index (χ1v) is 9.87. The summed E-state index contributed by atoms with van der Waals surface area (Å²) in [5.41, 5.74) is 0. The molecule has 0 aliphatic rings. The normalized spacial score (nSPS) is 11.3. The van der Waals surface area contributed by atoms with Gasteiger partial charge in [-0.25, -0.2) is 0 Å². The average Bonchev–Trinajstić information content (AvgIpc) is 2.24. The Kier molecular flexibility index (Phi) is 9.24. The maximum atomic E-state index is 8.54. The van der Waals surface area contributed by atoms with Crippen molar-refractivity contribution in [3.8, 4) is 6.07 Å². The fourth-order valence-electron chi connectivity index (χ4n) is 1.85. The van der Waals surface area contributed by atoms with Gasteiger partial charge in [0.25, 0.3) is 0 Å². The van der Waals surface area contributed by atoms with E-state index in [1.807, 2.05) is 0 Å². The molecule has 0 spiro atoms. The van der Waals surface area contributed by atoms with Crippen molar-refractivity contribution < 1.29 is 0 Å². The molecule has 3 heteroatoms. The second-order valence-corrected chi connectivity index (χ2v) is 10.6. The smallest absolute Gasteiger partial charge is 0.156 e. The molecule has 0 aliphatic carbocycles. The highest BCUT2D eigenvalue weighted by Crippen LogP contribution is 2.31. The fourth-order valence-corrected chi connectivity index (χ4v) is 6.58. The van der Waals surface area contributed by atoms with Crippen LogP contribution < -0.4 is 0 Å². The first-order valence-electron chi connectivity index (χ1n) is 6.24. The van der Waals surface area contributed by atoms with Gasteiger partial charge in [0.1, 0.15) is 0 Å². The van der Waals surface area contributed by atoms with Crippen molar-refractivity contribution in [3.63, 3.8) is 0 Å². The summed E-state index contributed by atoms with van der Waals surface area (Å²) in [6.07, 6.45) is 6.72.